The van der Waals surface area contributed by atoms with Crippen molar-refractivity contribution in [3.63, 3.8) is 0 Å². The van der Waals surface area contributed by atoms with Crippen LogP contribution in [0.5, 0.6) is 5.75 Å². The molecule has 12 nitrogen and oxygen atoms in total. The third-order valence-corrected chi connectivity index (χ3v) is 7.32. The molecule has 14 heteroatoms. The topological polar surface area (TPSA) is 146 Å². The molecule has 0 aliphatic heterocycles. The minimum atomic E-state index is -0.941. The van der Waals surface area contributed by atoms with E-state index < -0.39 is 35.6 Å². The number of thiophene rings is 1. The maximum absolute atomic E-state index is 14.3. The van der Waals surface area contributed by atoms with E-state index in [9.17, 15) is 18.8 Å². The smallest absolute Gasteiger partial charge is 0.332 e. The molecule has 1 amide bonds. The fourth-order valence-electron chi connectivity index (χ4n) is 4.32. The number of hydrogen-bond donors (Lipinski definition) is 1. The number of carbonyl (C=O) groups is 1. The highest BCUT2D eigenvalue weighted by Gasteiger charge is 2.26. The highest BCUT2D eigenvalue weighted by molar-refractivity contribution is 7.21. The first kappa shape index (κ1) is 28.7. The lowest BCUT2D eigenvalue weighted by atomic mass is 10.1. The summed E-state index contributed by atoms with van der Waals surface area (Å²) < 4.78 is 27.9. The van der Waals surface area contributed by atoms with Gasteiger partial charge in [-0.25, -0.2) is 9.18 Å². The molecule has 40 heavy (non-hydrogen) atoms. The van der Waals surface area contributed by atoms with Crippen LogP contribution >= 0.6 is 11.3 Å². The van der Waals surface area contributed by atoms with Gasteiger partial charge in [-0.15, -0.1) is 4.80 Å². The van der Waals surface area contributed by atoms with Crippen molar-refractivity contribution in [1.29, 1.82) is 5.26 Å². The largest absolute Gasteiger partial charge is 0.496 e. The number of aromatic nitrogens is 5. The van der Waals surface area contributed by atoms with Crippen molar-refractivity contribution in [3.05, 3.63) is 68.4 Å². The number of nitrogens with one attached hydrogen (secondary N) is 1. The predicted octanol–water partition coefficient (Wildman–Crippen LogP) is 2.46. The van der Waals surface area contributed by atoms with Crippen LogP contribution < -0.4 is 21.3 Å². The van der Waals surface area contributed by atoms with Gasteiger partial charge in [0, 0.05) is 17.2 Å². The van der Waals surface area contributed by atoms with Gasteiger partial charge in [0.1, 0.15) is 34.0 Å². The maximum Gasteiger partial charge on any atom is 0.332 e. The van der Waals surface area contributed by atoms with Crippen LogP contribution in [0.2, 0.25) is 0 Å². The predicted molar refractivity (Wildman–Crippen MR) is 145 cm³/mol. The molecular formula is C26H28FN7O5S. The van der Waals surface area contributed by atoms with Crippen molar-refractivity contribution in [2.75, 3.05) is 13.7 Å². The summed E-state index contributed by atoms with van der Waals surface area (Å²) in [5.74, 6) is -0.729. The Kier molecular flexibility index (Phi) is 8.76. The fraction of sp³-hybridized carbons (Fsp3) is 0.385. The van der Waals surface area contributed by atoms with Crippen molar-refractivity contribution in [3.8, 4) is 16.8 Å². The number of nitriles is 1. The van der Waals surface area contributed by atoms with Crippen LogP contribution in [0.25, 0.3) is 15.2 Å². The molecule has 0 radical (unpaired) electrons. The van der Waals surface area contributed by atoms with Crippen LogP contribution in [0.1, 0.15) is 37.5 Å². The SMILES string of the molecule is COc1ccc(F)cc1[C@H](Cn1c(=O)n(CC(=O)NC(C)C)c(=O)c2c(C)c(-n3nccn3)sc21)OCCC#N. The summed E-state index contributed by atoms with van der Waals surface area (Å²) in [4.78, 5) is 41.8. The molecule has 4 aromatic rings. The summed E-state index contributed by atoms with van der Waals surface area (Å²) in [6.45, 7) is 4.58. The number of carbonyl (C=O) groups excluding carboxylic acids is 1. The minimum Gasteiger partial charge on any atom is -0.496 e. The fourth-order valence-corrected chi connectivity index (χ4v) is 5.54. The molecule has 1 aromatic carbocycles. The normalized spacial score (nSPS) is 12.0. The molecule has 0 aliphatic rings. The van der Waals surface area contributed by atoms with Gasteiger partial charge in [-0.3, -0.25) is 18.7 Å². The number of aryl methyl sites for hydroxylation is 1. The van der Waals surface area contributed by atoms with Gasteiger partial charge in [0.2, 0.25) is 5.91 Å². The minimum absolute atomic E-state index is 0.00108. The second kappa shape index (κ2) is 12.2. The Balaban J connectivity index is 1.95. The number of hydrogen-bond acceptors (Lipinski definition) is 9. The number of fused-ring (bicyclic) bond motifs is 1. The van der Waals surface area contributed by atoms with E-state index in [2.05, 4.69) is 15.5 Å². The van der Waals surface area contributed by atoms with Crippen molar-refractivity contribution in [1.82, 2.24) is 29.4 Å². The van der Waals surface area contributed by atoms with Gasteiger partial charge >= 0.3 is 5.69 Å². The summed E-state index contributed by atoms with van der Waals surface area (Å²) in [6, 6.07) is 5.71. The number of benzene rings is 1. The molecule has 3 heterocycles. The van der Waals surface area contributed by atoms with Crippen LogP contribution in [-0.2, 0) is 22.6 Å². The van der Waals surface area contributed by atoms with Crippen LogP contribution in [0.15, 0.2) is 40.2 Å². The number of halogens is 1. The molecule has 0 saturated carbocycles. The maximum atomic E-state index is 14.3. The average molecular weight is 570 g/mol. The molecule has 0 unspecified atom stereocenters. The van der Waals surface area contributed by atoms with Gasteiger partial charge in [-0.05, 0) is 39.0 Å². The zero-order valence-electron chi connectivity index (χ0n) is 22.4. The van der Waals surface area contributed by atoms with Gasteiger partial charge in [-0.2, -0.15) is 15.5 Å². The molecule has 3 aromatic heterocycles. The van der Waals surface area contributed by atoms with Crippen LogP contribution in [-0.4, -0.2) is 49.8 Å². The molecule has 1 N–H and O–H groups in total. The van der Waals surface area contributed by atoms with E-state index in [1.807, 2.05) is 6.07 Å². The molecule has 4 rings (SSSR count). The Labute approximate surface area is 232 Å². The Morgan fingerprint density at radius 3 is 2.60 bits per heavy atom. The number of methoxy groups -OCH3 is 1. The number of ether oxygens (including phenoxy) is 2. The molecule has 210 valence electrons. The standard InChI is InChI=1S/C26H28FN7O5S/c1-15(2)31-21(35)14-32-23(36)22-16(3)24(34-29-9-10-30-34)40-25(22)33(26(32)37)13-20(39-11-5-8-28)18-12-17(27)6-7-19(18)38-4/h6-7,9-10,12,15,20H,5,11,13-14H2,1-4H3,(H,31,35)/t20-/m0/s1. The Morgan fingerprint density at radius 1 is 1.23 bits per heavy atom. The summed E-state index contributed by atoms with van der Waals surface area (Å²) in [5, 5.41) is 20.8. The van der Waals surface area contributed by atoms with Crippen molar-refractivity contribution >= 4 is 27.5 Å². The van der Waals surface area contributed by atoms with Crippen molar-refractivity contribution in [2.45, 2.75) is 52.4 Å². The Morgan fingerprint density at radius 2 is 1.95 bits per heavy atom. The monoisotopic (exact) mass is 569 g/mol. The zero-order chi connectivity index (χ0) is 29.0. The average Bonchev–Trinajstić information content (AvgIpc) is 3.56. The van der Waals surface area contributed by atoms with E-state index >= 15 is 0 Å². The van der Waals surface area contributed by atoms with Gasteiger partial charge in [0.25, 0.3) is 5.56 Å². The number of nitrogens with zero attached hydrogens (tertiary/aromatic N) is 6. The first-order valence-corrected chi connectivity index (χ1v) is 13.2. The number of rotatable bonds is 11. The van der Waals surface area contributed by atoms with Crippen molar-refractivity contribution < 1.29 is 18.7 Å². The first-order valence-electron chi connectivity index (χ1n) is 12.4. The van der Waals surface area contributed by atoms with Gasteiger partial charge in [-0.1, -0.05) is 11.3 Å². The number of amides is 1. The lowest BCUT2D eigenvalue weighted by Crippen LogP contribution is -2.45. The molecule has 1 atom stereocenters. The quantitative estimate of drug-likeness (QED) is 0.271. The van der Waals surface area contributed by atoms with Crippen LogP contribution in [0, 0.1) is 24.1 Å². The van der Waals surface area contributed by atoms with Gasteiger partial charge in [0.15, 0.2) is 0 Å². The first-order chi connectivity index (χ1) is 19.2. The molecule has 0 aliphatic carbocycles. The lowest BCUT2D eigenvalue weighted by Gasteiger charge is -2.22. The molecule has 0 spiro atoms. The van der Waals surface area contributed by atoms with E-state index in [0.29, 0.717) is 26.7 Å². The molecule has 0 fully saturated rings. The summed E-state index contributed by atoms with van der Waals surface area (Å²) in [6.07, 6.45) is 2.09. The van der Waals surface area contributed by atoms with Crippen molar-refractivity contribution in [2.24, 2.45) is 0 Å². The lowest BCUT2D eigenvalue weighted by molar-refractivity contribution is -0.122. The van der Waals surface area contributed by atoms with Gasteiger partial charge < -0.3 is 14.8 Å². The van der Waals surface area contributed by atoms with Crippen LogP contribution in [0.4, 0.5) is 4.39 Å². The van der Waals surface area contributed by atoms with E-state index in [4.69, 9.17) is 14.7 Å². The Bertz CT molecular complexity index is 1680. The summed E-state index contributed by atoms with van der Waals surface area (Å²) in [7, 11) is 1.42. The zero-order valence-corrected chi connectivity index (χ0v) is 23.2. The highest BCUT2D eigenvalue weighted by Crippen LogP contribution is 2.33. The van der Waals surface area contributed by atoms with E-state index in [1.54, 1.807) is 20.8 Å². The third kappa shape index (κ3) is 5.80. The summed E-state index contributed by atoms with van der Waals surface area (Å²) >= 11 is 1.13. The highest BCUT2D eigenvalue weighted by atomic mass is 32.1. The van der Waals surface area contributed by atoms with Crippen LogP contribution in [0.3, 0.4) is 0 Å². The van der Waals surface area contributed by atoms with Gasteiger partial charge in [0.05, 0.1) is 50.5 Å². The van der Waals surface area contributed by atoms with E-state index in [0.717, 1.165) is 15.9 Å². The van der Waals surface area contributed by atoms with E-state index in [-0.39, 0.29) is 31.0 Å². The second-order valence-corrected chi connectivity index (χ2v) is 10.2. The third-order valence-electron chi connectivity index (χ3n) is 6.04. The Hall–Kier alpha value is -4.35. The molecule has 0 bridgehead atoms. The van der Waals surface area contributed by atoms with E-state index in [1.165, 1.54) is 47.1 Å². The molecular weight excluding hydrogens is 541 g/mol. The second-order valence-electron chi connectivity index (χ2n) is 9.19. The molecule has 0 saturated heterocycles. The summed E-state index contributed by atoms with van der Waals surface area (Å²) in [5.41, 5.74) is -0.536.